The zero-order valence-electron chi connectivity index (χ0n) is 10.3. The minimum Gasteiger partial charge on any atom is -0.496 e. The molecule has 0 saturated heterocycles. The monoisotopic (exact) mass is 249 g/mol. The molecular weight excluding hydrogens is 234 g/mol. The van der Waals surface area contributed by atoms with E-state index in [1.165, 1.54) is 0 Å². The lowest BCUT2D eigenvalue weighted by molar-refractivity contribution is 0.237. The summed E-state index contributed by atoms with van der Waals surface area (Å²) in [5, 5.41) is 12.8. The number of rotatable bonds is 4. The molecule has 0 radical (unpaired) electrons. The van der Waals surface area contributed by atoms with E-state index in [4.69, 9.17) is 20.1 Å². The SMILES string of the molecule is COc1cc(C)ccc1-c1noc(C(N)CO)n1. The number of aryl methyl sites for hydroxylation is 1. The Morgan fingerprint density at radius 1 is 1.50 bits per heavy atom. The number of ether oxygens (including phenoxy) is 1. The van der Waals surface area contributed by atoms with Gasteiger partial charge in [-0.25, -0.2) is 0 Å². The van der Waals surface area contributed by atoms with Crippen molar-refractivity contribution in [2.75, 3.05) is 13.7 Å². The second-order valence-corrected chi connectivity index (χ2v) is 3.95. The second-order valence-electron chi connectivity index (χ2n) is 3.95. The van der Waals surface area contributed by atoms with Crippen molar-refractivity contribution in [3.63, 3.8) is 0 Å². The highest BCUT2D eigenvalue weighted by Gasteiger charge is 2.17. The molecule has 1 unspecified atom stereocenters. The van der Waals surface area contributed by atoms with Gasteiger partial charge in [0.15, 0.2) is 0 Å². The summed E-state index contributed by atoms with van der Waals surface area (Å²) in [6.45, 7) is 1.72. The van der Waals surface area contributed by atoms with Crippen molar-refractivity contribution in [1.82, 2.24) is 10.1 Å². The summed E-state index contributed by atoms with van der Waals surface area (Å²) in [6.07, 6.45) is 0. The summed E-state index contributed by atoms with van der Waals surface area (Å²) in [7, 11) is 1.58. The fourth-order valence-electron chi connectivity index (χ4n) is 1.56. The molecule has 0 fully saturated rings. The molecule has 0 spiro atoms. The molecule has 1 aromatic carbocycles. The van der Waals surface area contributed by atoms with E-state index in [-0.39, 0.29) is 12.5 Å². The predicted molar refractivity (Wildman–Crippen MR) is 65.0 cm³/mol. The van der Waals surface area contributed by atoms with E-state index in [2.05, 4.69) is 10.1 Å². The number of benzene rings is 1. The minimum absolute atomic E-state index is 0.204. The number of aliphatic hydroxyl groups is 1. The highest BCUT2D eigenvalue weighted by atomic mass is 16.5. The number of hydrogen-bond acceptors (Lipinski definition) is 6. The van der Waals surface area contributed by atoms with Crippen molar-refractivity contribution in [2.45, 2.75) is 13.0 Å². The number of hydrogen-bond donors (Lipinski definition) is 2. The number of aromatic nitrogens is 2. The third-order valence-electron chi connectivity index (χ3n) is 2.55. The van der Waals surface area contributed by atoms with Crippen LogP contribution in [0.5, 0.6) is 5.75 Å². The summed E-state index contributed by atoms with van der Waals surface area (Å²) >= 11 is 0. The van der Waals surface area contributed by atoms with Gasteiger partial charge in [-0.3, -0.25) is 0 Å². The van der Waals surface area contributed by atoms with Gasteiger partial charge in [-0.2, -0.15) is 4.98 Å². The number of aliphatic hydroxyl groups excluding tert-OH is 1. The first-order valence-electron chi connectivity index (χ1n) is 5.50. The van der Waals surface area contributed by atoms with Crippen molar-refractivity contribution >= 4 is 0 Å². The predicted octanol–water partition coefficient (Wildman–Crippen LogP) is 1.05. The van der Waals surface area contributed by atoms with Crippen LogP contribution in [-0.4, -0.2) is 29.0 Å². The number of nitrogens with two attached hydrogens (primary N) is 1. The van der Waals surface area contributed by atoms with Gasteiger partial charge in [-0.15, -0.1) is 0 Å². The molecule has 3 N–H and O–H groups in total. The molecule has 0 aliphatic carbocycles. The van der Waals surface area contributed by atoms with Crippen molar-refractivity contribution in [3.8, 4) is 17.1 Å². The van der Waals surface area contributed by atoms with Crippen LogP contribution in [-0.2, 0) is 0 Å². The second kappa shape index (κ2) is 5.16. The number of nitrogens with zero attached hydrogens (tertiary/aromatic N) is 2. The summed E-state index contributed by atoms with van der Waals surface area (Å²) in [5.41, 5.74) is 7.40. The third-order valence-corrected chi connectivity index (χ3v) is 2.55. The molecule has 2 aromatic rings. The molecule has 0 aliphatic heterocycles. The van der Waals surface area contributed by atoms with Gasteiger partial charge in [-0.1, -0.05) is 11.2 Å². The van der Waals surface area contributed by atoms with Crippen LogP contribution in [0.25, 0.3) is 11.4 Å². The van der Waals surface area contributed by atoms with Crippen LogP contribution in [0.2, 0.25) is 0 Å². The molecule has 0 saturated carbocycles. The molecule has 6 nitrogen and oxygen atoms in total. The van der Waals surface area contributed by atoms with Gasteiger partial charge in [0.2, 0.25) is 11.7 Å². The quantitative estimate of drug-likeness (QED) is 0.840. The molecule has 96 valence electrons. The first-order chi connectivity index (χ1) is 8.65. The first kappa shape index (κ1) is 12.5. The zero-order chi connectivity index (χ0) is 13.1. The molecule has 1 atom stereocenters. The molecule has 18 heavy (non-hydrogen) atoms. The highest BCUT2D eigenvalue weighted by molar-refractivity contribution is 5.64. The van der Waals surface area contributed by atoms with Crippen LogP contribution in [0.1, 0.15) is 17.5 Å². The van der Waals surface area contributed by atoms with E-state index in [1.807, 2.05) is 25.1 Å². The van der Waals surface area contributed by atoms with E-state index in [1.54, 1.807) is 7.11 Å². The average Bonchev–Trinajstić information content (AvgIpc) is 2.87. The van der Waals surface area contributed by atoms with Crippen LogP contribution in [0.3, 0.4) is 0 Å². The Morgan fingerprint density at radius 2 is 2.28 bits per heavy atom. The molecule has 0 amide bonds. The summed E-state index contributed by atoms with van der Waals surface area (Å²) in [4.78, 5) is 4.15. The van der Waals surface area contributed by atoms with E-state index in [9.17, 15) is 0 Å². The van der Waals surface area contributed by atoms with Gasteiger partial charge in [0.25, 0.3) is 0 Å². The molecular formula is C12H15N3O3. The molecule has 1 heterocycles. The molecule has 2 rings (SSSR count). The molecule has 0 bridgehead atoms. The van der Waals surface area contributed by atoms with Crippen LogP contribution < -0.4 is 10.5 Å². The lowest BCUT2D eigenvalue weighted by Crippen LogP contribution is -2.14. The van der Waals surface area contributed by atoms with E-state index in [0.717, 1.165) is 11.1 Å². The van der Waals surface area contributed by atoms with Crippen molar-refractivity contribution in [2.24, 2.45) is 5.73 Å². The Balaban J connectivity index is 2.39. The standard InChI is InChI=1S/C12H15N3O3/c1-7-3-4-8(10(5-7)17-2)11-14-12(18-15-11)9(13)6-16/h3-5,9,16H,6,13H2,1-2H3. The fraction of sp³-hybridized carbons (Fsp3) is 0.333. The topological polar surface area (TPSA) is 94.4 Å². The van der Waals surface area contributed by atoms with Gasteiger partial charge in [0, 0.05) is 0 Å². The van der Waals surface area contributed by atoms with Crippen LogP contribution in [0.4, 0.5) is 0 Å². The van der Waals surface area contributed by atoms with E-state index in [0.29, 0.717) is 11.6 Å². The zero-order valence-corrected chi connectivity index (χ0v) is 10.3. The Kier molecular flexibility index (Phi) is 3.59. The maximum absolute atomic E-state index is 8.93. The third kappa shape index (κ3) is 2.34. The Bertz CT molecular complexity index is 539. The largest absolute Gasteiger partial charge is 0.496 e. The van der Waals surface area contributed by atoms with Crippen molar-refractivity contribution in [3.05, 3.63) is 29.7 Å². The van der Waals surface area contributed by atoms with E-state index >= 15 is 0 Å². The molecule has 1 aromatic heterocycles. The Morgan fingerprint density at radius 3 is 2.94 bits per heavy atom. The normalized spacial score (nSPS) is 12.4. The smallest absolute Gasteiger partial charge is 0.246 e. The van der Waals surface area contributed by atoms with Crippen LogP contribution in [0, 0.1) is 6.92 Å². The molecule has 6 heteroatoms. The average molecular weight is 249 g/mol. The van der Waals surface area contributed by atoms with E-state index < -0.39 is 6.04 Å². The van der Waals surface area contributed by atoms with Crippen LogP contribution >= 0.6 is 0 Å². The molecule has 0 aliphatic rings. The fourth-order valence-corrected chi connectivity index (χ4v) is 1.56. The summed E-state index contributed by atoms with van der Waals surface area (Å²) < 4.78 is 10.3. The first-order valence-corrected chi connectivity index (χ1v) is 5.50. The Labute approximate surface area is 104 Å². The number of methoxy groups -OCH3 is 1. The summed E-state index contributed by atoms with van der Waals surface area (Å²) in [6, 6.07) is 5.01. The summed E-state index contributed by atoms with van der Waals surface area (Å²) in [5.74, 6) is 1.26. The van der Waals surface area contributed by atoms with Crippen molar-refractivity contribution < 1.29 is 14.4 Å². The maximum atomic E-state index is 8.93. The maximum Gasteiger partial charge on any atom is 0.246 e. The Hall–Kier alpha value is -1.92. The van der Waals surface area contributed by atoms with Gasteiger partial charge >= 0.3 is 0 Å². The van der Waals surface area contributed by atoms with Gasteiger partial charge < -0.3 is 20.1 Å². The lowest BCUT2D eigenvalue weighted by Gasteiger charge is -2.05. The van der Waals surface area contributed by atoms with Crippen molar-refractivity contribution in [1.29, 1.82) is 0 Å². The minimum atomic E-state index is -0.664. The van der Waals surface area contributed by atoms with Gasteiger partial charge in [-0.05, 0) is 24.6 Å². The highest BCUT2D eigenvalue weighted by Crippen LogP contribution is 2.29. The van der Waals surface area contributed by atoms with Gasteiger partial charge in [0.05, 0.1) is 19.3 Å². The van der Waals surface area contributed by atoms with Gasteiger partial charge in [0.1, 0.15) is 11.8 Å². The lowest BCUT2D eigenvalue weighted by atomic mass is 10.1. The van der Waals surface area contributed by atoms with Crippen LogP contribution in [0.15, 0.2) is 22.7 Å².